The largest absolute Gasteiger partial charge is 0.462 e. The zero-order chi connectivity index (χ0) is 26.5. The third-order valence-electron chi connectivity index (χ3n) is 6.10. The number of nitrogens with one attached hydrogen (secondary N) is 1. The molecule has 11 heteroatoms. The van der Waals surface area contributed by atoms with Gasteiger partial charge in [-0.2, -0.15) is 0 Å². The molecule has 0 saturated carbocycles. The lowest BCUT2D eigenvalue weighted by molar-refractivity contribution is -0.384. The topological polar surface area (TPSA) is 105 Å². The summed E-state index contributed by atoms with van der Waals surface area (Å²) in [6.07, 6.45) is 0. The normalized spacial score (nSPS) is 13.9. The van der Waals surface area contributed by atoms with E-state index in [1.54, 1.807) is 19.1 Å². The van der Waals surface area contributed by atoms with Gasteiger partial charge in [-0.15, -0.1) is 11.3 Å². The number of aryl methyl sites for hydroxylation is 1. The summed E-state index contributed by atoms with van der Waals surface area (Å²) < 4.78 is 5.28. The van der Waals surface area contributed by atoms with Gasteiger partial charge in [-0.3, -0.25) is 19.8 Å². The second-order valence-electron chi connectivity index (χ2n) is 8.64. The van der Waals surface area contributed by atoms with Crippen molar-refractivity contribution in [1.29, 1.82) is 0 Å². The Balaban J connectivity index is 1.42. The van der Waals surface area contributed by atoms with Crippen LogP contribution >= 0.6 is 22.9 Å². The van der Waals surface area contributed by atoms with E-state index in [1.165, 1.54) is 17.4 Å². The average molecular weight is 543 g/mol. The van der Waals surface area contributed by atoms with Crippen LogP contribution in [0, 0.1) is 17.0 Å². The van der Waals surface area contributed by atoms with Crippen LogP contribution in [0.3, 0.4) is 0 Å². The van der Waals surface area contributed by atoms with Gasteiger partial charge in [-0.25, -0.2) is 4.79 Å². The van der Waals surface area contributed by atoms with Gasteiger partial charge in [-0.05, 0) is 31.5 Å². The number of nitro benzene ring substituents is 1. The van der Waals surface area contributed by atoms with Gasteiger partial charge in [0.1, 0.15) is 16.3 Å². The van der Waals surface area contributed by atoms with E-state index in [-0.39, 0.29) is 24.7 Å². The Morgan fingerprint density at radius 3 is 2.49 bits per heavy atom. The van der Waals surface area contributed by atoms with E-state index in [9.17, 15) is 19.7 Å². The van der Waals surface area contributed by atoms with E-state index < -0.39 is 10.9 Å². The molecule has 4 rings (SSSR count). The number of carbonyl (C=O) groups excluding carboxylic acids is 2. The highest BCUT2D eigenvalue weighted by Gasteiger charge is 2.26. The van der Waals surface area contributed by atoms with Gasteiger partial charge in [0, 0.05) is 48.2 Å². The summed E-state index contributed by atoms with van der Waals surface area (Å²) in [6.45, 7) is 6.26. The van der Waals surface area contributed by atoms with Crippen LogP contribution in [0.1, 0.15) is 22.8 Å². The van der Waals surface area contributed by atoms with Crippen molar-refractivity contribution in [2.45, 2.75) is 13.8 Å². The summed E-state index contributed by atoms with van der Waals surface area (Å²) in [4.78, 5) is 40.6. The smallest absolute Gasteiger partial charge is 0.341 e. The first-order valence-electron chi connectivity index (χ1n) is 11.8. The van der Waals surface area contributed by atoms with Crippen molar-refractivity contribution in [3.05, 3.63) is 74.1 Å². The molecule has 1 amide bonds. The Labute approximate surface area is 223 Å². The molecule has 2 heterocycles. The number of amides is 1. The van der Waals surface area contributed by atoms with E-state index in [0.29, 0.717) is 47.5 Å². The summed E-state index contributed by atoms with van der Waals surface area (Å²) >= 11 is 7.22. The van der Waals surface area contributed by atoms with Gasteiger partial charge >= 0.3 is 5.97 Å². The molecule has 1 saturated heterocycles. The maximum Gasteiger partial charge on any atom is 0.341 e. The maximum absolute atomic E-state index is 12.9. The number of nitrogens with zero attached hydrogens (tertiary/aromatic N) is 3. The number of esters is 1. The fourth-order valence-electron chi connectivity index (χ4n) is 4.23. The number of rotatable bonds is 8. The van der Waals surface area contributed by atoms with Gasteiger partial charge in [0.15, 0.2) is 0 Å². The predicted octanol–water partition coefficient (Wildman–Crippen LogP) is 5.22. The quantitative estimate of drug-likeness (QED) is 0.236. The number of carbonyl (C=O) groups is 2. The molecule has 2 aromatic carbocycles. The highest BCUT2D eigenvalue weighted by atomic mass is 35.5. The lowest BCUT2D eigenvalue weighted by Crippen LogP contribution is -2.48. The van der Waals surface area contributed by atoms with Crippen molar-refractivity contribution < 1.29 is 19.2 Å². The Morgan fingerprint density at radius 2 is 1.84 bits per heavy atom. The van der Waals surface area contributed by atoms with Gasteiger partial charge < -0.3 is 15.0 Å². The summed E-state index contributed by atoms with van der Waals surface area (Å²) in [5, 5.41) is 17.0. The van der Waals surface area contributed by atoms with Crippen molar-refractivity contribution in [1.82, 2.24) is 4.90 Å². The molecule has 1 fully saturated rings. The molecule has 3 aromatic rings. The van der Waals surface area contributed by atoms with Crippen molar-refractivity contribution >= 4 is 51.2 Å². The first kappa shape index (κ1) is 26.6. The number of thiophene rings is 1. The third kappa shape index (κ3) is 6.27. The number of hydrogen-bond donors (Lipinski definition) is 1. The van der Waals surface area contributed by atoms with Crippen molar-refractivity contribution in [3.63, 3.8) is 0 Å². The molecular weight excluding hydrogens is 516 g/mol. The fraction of sp³-hybridized carbons (Fsp3) is 0.308. The van der Waals surface area contributed by atoms with Crippen LogP contribution in [0.4, 0.5) is 16.4 Å². The van der Waals surface area contributed by atoms with Crippen LogP contribution in [0.5, 0.6) is 0 Å². The highest BCUT2D eigenvalue weighted by Crippen LogP contribution is 2.36. The lowest BCUT2D eigenvalue weighted by atomic mass is 10.0. The molecule has 0 aliphatic carbocycles. The first-order chi connectivity index (χ1) is 17.8. The minimum Gasteiger partial charge on any atom is -0.462 e. The van der Waals surface area contributed by atoms with Crippen molar-refractivity contribution in [3.8, 4) is 11.1 Å². The van der Waals surface area contributed by atoms with Gasteiger partial charge in [-0.1, -0.05) is 41.4 Å². The highest BCUT2D eigenvalue weighted by molar-refractivity contribution is 7.15. The second-order valence-corrected chi connectivity index (χ2v) is 9.96. The summed E-state index contributed by atoms with van der Waals surface area (Å²) in [7, 11) is 0. The molecule has 0 spiro atoms. The SMILES string of the molecule is CCOC(=O)c1c(-c2ccc(C)cc2)csc1NC(=O)CN1CCN(c2ccc(Cl)cc2[N+](=O)[O-])CC1. The zero-order valence-corrected chi connectivity index (χ0v) is 22.1. The number of hydrogen-bond acceptors (Lipinski definition) is 8. The van der Waals surface area contributed by atoms with Crippen LogP contribution in [0.2, 0.25) is 5.02 Å². The number of anilines is 2. The van der Waals surface area contributed by atoms with Crippen molar-refractivity contribution in [2.75, 3.05) is 49.5 Å². The minimum atomic E-state index is -0.479. The Morgan fingerprint density at radius 1 is 1.14 bits per heavy atom. The molecule has 194 valence electrons. The fourth-order valence-corrected chi connectivity index (χ4v) is 5.37. The van der Waals surface area contributed by atoms with E-state index in [0.717, 1.165) is 16.7 Å². The minimum absolute atomic E-state index is 0.0349. The van der Waals surface area contributed by atoms with Crippen molar-refractivity contribution in [2.24, 2.45) is 0 Å². The van der Waals surface area contributed by atoms with Gasteiger partial charge in [0.05, 0.1) is 18.1 Å². The number of ether oxygens (including phenoxy) is 1. The molecule has 0 atom stereocenters. The summed E-state index contributed by atoms with van der Waals surface area (Å²) in [6, 6.07) is 12.5. The number of benzene rings is 2. The van der Waals surface area contributed by atoms with Crippen LogP contribution in [0.25, 0.3) is 11.1 Å². The molecule has 9 nitrogen and oxygen atoms in total. The second kappa shape index (κ2) is 11.7. The van der Waals surface area contributed by atoms with E-state index >= 15 is 0 Å². The molecular formula is C26H27ClN4O5S. The molecule has 0 unspecified atom stereocenters. The monoisotopic (exact) mass is 542 g/mol. The van der Waals surface area contributed by atoms with Crippen LogP contribution in [0.15, 0.2) is 47.8 Å². The molecule has 1 aromatic heterocycles. The van der Waals surface area contributed by atoms with E-state index in [4.69, 9.17) is 16.3 Å². The number of nitro groups is 1. The Bertz CT molecular complexity index is 1300. The lowest BCUT2D eigenvalue weighted by Gasteiger charge is -2.35. The van der Waals surface area contributed by atoms with Crippen LogP contribution < -0.4 is 10.2 Å². The third-order valence-corrected chi connectivity index (χ3v) is 7.23. The van der Waals surface area contributed by atoms with Gasteiger partial charge in [0.25, 0.3) is 5.69 Å². The molecule has 1 N–H and O–H groups in total. The first-order valence-corrected chi connectivity index (χ1v) is 13.1. The Kier molecular flexibility index (Phi) is 8.42. The predicted molar refractivity (Wildman–Crippen MR) is 146 cm³/mol. The number of halogens is 1. The average Bonchev–Trinajstić information content (AvgIpc) is 3.28. The van der Waals surface area contributed by atoms with E-state index in [2.05, 4.69) is 5.32 Å². The standard InChI is InChI=1S/C26H27ClN4O5S/c1-3-36-26(33)24-20(18-6-4-17(2)5-7-18)16-37-25(24)28-23(32)15-29-10-12-30(13-11-29)21-9-8-19(27)14-22(21)31(34)35/h4-9,14,16H,3,10-13,15H2,1-2H3,(H,28,32). The van der Waals surface area contributed by atoms with Gasteiger partial charge in [0.2, 0.25) is 5.91 Å². The maximum atomic E-state index is 12.9. The van der Waals surface area contributed by atoms with Crippen LogP contribution in [-0.4, -0.2) is 61.0 Å². The van der Waals surface area contributed by atoms with Crippen LogP contribution in [-0.2, 0) is 9.53 Å². The zero-order valence-electron chi connectivity index (χ0n) is 20.5. The van der Waals surface area contributed by atoms with E-state index in [1.807, 2.05) is 46.4 Å². The molecule has 0 radical (unpaired) electrons. The molecule has 0 bridgehead atoms. The summed E-state index contributed by atoms with van der Waals surface area (Å²) in [5.41, 5.74) is 3.53. The number of piperazine rings is 1. The molecule has 1 aliphatic heterocycles. The molecule has 37 heavy (non-hydrogen) atoms. The Hall–Kier alpha value is -3.47. The summed E-state index contributed by atoms with van der Waals surface area (Å²) in [5.74, 6) is -0.721. The molecule has 1 aliphatic rings.